The van der Waals surface area contributed by atoms with Gasteiger partial charge in [0.2, 0.25) is 0 Å². The molecule has 162 valence electrons. The van der Waals surface area contributed by atoms with Crippen LogP contribution in [0.3, 0.4) is 0 Å². The third kappa shape index (κ3) is 5.03. The molecule has 4 rings (SSSR count). The maximum atomic E-state index is 12.3. The number of nitrogens with zero attached hydrogens (tertiary/aromatic N) is 3. The number of rotatable bonds is 10. The van der Waals surface area contributed by atoms with Crippen molar-refractivity contribution in [2.24, 2.45) is 0 Å². The first-order chi connectivity index (χ1) is 15.8. The number of fused-ring (bicyclic) bond motifs is 1. The molecular weight excluding hydrogens is 400 g/mol. The minimum atomic E-state index is -0.185. The van der Waals surface area contributed by atoms with Crippen molar-refractivity contribution in [2.45, 2.75) is 19.4 Å². The van der Waals surface area contributed by atoms with E-state index in [1.807, 2.05) is 42.5 Å². The molecule has 0 unspecified atom stereocenters. The van der Waals surface area contributed by atoms with Crippen LogP contribution in [-0.4, -0.2) is 33.6 Å². The Morgan fingerprint density at radius 2 is 1.88 bits per heavy atom. The van der Waals surface area contributed by atoms with Crippen molar-refractivity contribution < 1.29 is 9.53 Å². The number of hydrogen-bond acceptors (Lipinski definition) is 4. The smallest absolute Gasteiger partial charge is 0.269 e. The second kappa shape index (κ2) is 10.4. The lowest BCUT2D eigenvalue weighted by Gasteiger charge is -2.13. The fourth-order valence-electron chi connectivity index (χ4n) is 3.66. The average Bonchev–Trinajstić information content (AvgIpc) is 3.18. The Morgan fingerprint density at radius 3 is 2.72 bits per heavy atom. The lowest BCUT2D eigenvalue weighted by molar-refractivity contribution is 0.0949. The van der Waals surface area contributed by atoms with E-state index in [0.717, 1.165) is 34.6 Å². The summed E-state index contributed by atoms with van der Waals surface area (Å²) in [6, 6.07) is 21.4. The van der Waals surface area contributed by atoms with Crippen molar-refractivity contribution in [2.75, 3.05) is 13.2 Å². The fraction of sp³-hybridized carbons (Fsp3) is 0.192. The van der Waals surface area contributed by atoms with E-state index in [2.05, 4.69) is 33.6 Å². The molecule has 1 N–H and O–H groups in total. The van der Waals surface area contributed by atoms with Gasteiger partial charge >= 0.3 is 0 Å². The van der Waals surface area contributed by atoms with Crippen molar-refractivity contribution in [1.82, 2.24) is 19.9 Å². The number of nitrogens with one attached hydrogen (secondary N) is 1. The number of allylic oxidation sites excluding steroid dienone is 1. The Bertz CT molecular complexity index is 1200. The van der Waals surface area contributed by atoms with E-state index in [9.17, 15) is 4.79 Å². The van der Waals surface area contributed by atoms with Gasteiger partial charge in [-0.25, -0.2) is 4.98 Å². The molecule has 0 radical (unpaired) electrons. The van der Waals surface area contributed by atoms with Crippen LogP contribution in [-0.2, 0) is 19.4 Å². The van der Waals surface area contributed by atoms with Crippen molar-refractivity contribution >= 4 is 16.9 Å². The zero-order chi connectivity index (χ0) is 22.2. The fourth-order valence-corrected chi connectivity index (χ4v) is 3.66. The molecule has 0 atom stereocenters. The molecule has 6 nitrogen and oxygen atoms in total. The molecule has 0 aliphatic rings. The first-order valence-electron chi connectivity index (χ1n) is 10.7. The zero-order valence-electron chi connectivity index (χ0n) is 17.9. The number of benzene rings is 2. The predicted octanol–water partition coefficient (Wildman–Crippen LogP) is 4.21. The summed E-state index contributed by atoms with van der Waals surface area (Å²) in [4.78, 5) is 21.2. The van der Waals surface area contributed by atoms with Crippen molar-refractivity contribution in [1.29, 1.82) is 0 Å². The second-order valence-electron chi connectivity index (χ2n) is 7.34. The van der Waals surface area contributed by atoms with Crippen molar-refractivity contribution in [3.63, 3.8) is 0 Å². The minimum absolute atomic E-state index is 0.185. The van der Waals surface area contributed by atoms with Crippen molar-refractivity contribution in [3.8, 4) is 5.75 Å². The Morgan fingerprint density at radius 1 is 1.06 bits per heavy atom. The highest BCUT2D eigenvalue weighted by molar-refractivity contribution is 5.92. The number of amides is 1. The first-order valence-corrected chi connectivity index (χ1v) is 10.7. The highest BCUT2D eigenvalue weighted by Gasteiger charge is 2.12. The SMILES string of the molecule is C=CCc1ccccc1OCCn1c(CCNC(=O)c2ccccn2)nc2ccccc21. The molecule has 4 aromatic rings. The van der Waals surface area contributed by atoms with Gasteiger partial charge in [-0.15, -0.1) is 6.58 Å². The third-order valence-corrected chi connectivity index (χ3v) is 5.17. The summed E-state index contributed by atoms with van der Waals surface area (Å²) < 4.78 is 8.26. The van der Waals surface area contributed by atoms with Crippen LogP contribution in [0.1, 0.15) is 21.9 Å². The highest BCUT2D eigenvalue weighted by atomic mass is 16.5. The molecule has 0 fully saturated rings. The van der Waals surface area contributed by atoms with Gasteiger partial charge < -0.3 is 14.6 Å². The Hall–Kier alpha value is -3.93. The monoisotopic (exact) mass is 426 g/mol. The summed E-state index contributed by atoms with van der Waals surface area (Å²) in [5.74, 6) is 1.60. The standard InChI is InChI=1S/C26H26N4O2/c1-2-9-20-10-3-6-14-24(20)32-19-18-30-23-13-5-4-11-21(23)29-25(30)15-17-28-26(31)22-12-7-8-16-27-22/h2-8,10-14,16H,1,9,15,17-19H2,(H,28,31). The van der Waals surface area contributed by atoms with Crippen LogP contribution in [0.4, 0.5) is 0 Å². The average molecular weight is 427 g/mol. The normalized spacial score (nSPS) is 10.8. The number of para-hydroxylation sites is 3. The lowest BCUT2D eigenvalue weighted by atomic mass is 10.1. The van der Waals surface area contributed by atoms with Crippen LogP contribution in [0.2, 0.25) is 0 Å². The minimum Gasteiger partial charge on any atom is -0.491 e. The van der Waals surface area contributed by atoms with E-state index in [4.69, 9.17) is 9.72 Å². The van der Waals surface area contributed by atoms with Gasteiger partial charge in [-0.3, -0.25) is 9.78 Å². The molecule has 6 heteroatoms. The molecular formula is C26H26N4O2. The Balaban J connectivity index is 1.43. The summed E-state index contributed by atoms with van der Waals surface area (Å²) in [5, 5.41) is 2.93. The van der Waals surface area contributed by atoms with Gasteiger partial charge in [0.15, 0.2) is 0 Å². The van der Waals surface area contributed by atoms with Gasteiger partial charge in [0.1, 0.15) is 23.9 Å². The predicted molar refractivity (Wildman–Crippen MR) is 126 cm³/mol. The summed E-state index contributed by atoms with van der Waals surface area (Å²) in [7, 11) is 0. The molecule has 0 aliphatic heterocycles. The number of ether oxygens (including phenoxy) is 1. The van der Waals surface area contributed by atoms with Gasteiger partial charge in [-0.05, 0) is 42.3 Å². The van der Waals surface area contributed by atoms with Gasteiger partial charge in [-0.2, -0.15) is 0 Å². The molecule has 1 amide bonds. The second-order valence-corrected chi connectivity index (χ2v) is 7.34. The van der Waals surface area contributed by atoms with E-state index in [0.29, 0.717) is 31.8 Å². The summed E-state index contributed by atoms with van der Waals surface area (Å²) >= 11 is 0. The van der Waals surface area contributed by atoms with E-state index in [-0.39, 0.29) is 5.91 Å². The molecule has 2 aromatic heterocycles. The van der Waals surface area contributed by atoms with Crippen LogP contribution in [0.15, 0.2) is 85.6 Å². The van der Waals surface area contributed by atoms with Crippen molar-refractivity contribution in [3.05, 3.63) is 103 Å². The lowest BCUT2D eigenvalue weighted by Crippen LogP contribution is -2.27. The van der Waals surface area contributed by atoms with Gasteiger partial charge in [0.05, 0.1) is 17.6 Å². The molecule has 2 aromatic carbocycles. The third-order valence-electron chi connectivity index (χ3n) is 5.17. The molecule has 0 spiro atoms. The van der Waals surface area contributed by atoms with Crippen LogP contribution >= 0.6 is 0 Å². The first kappa shape index (κ1) is 21.3. The van der Waals surface area contributed by atoms with Gasteiger partial charge in [0.25, 0.3) is 5.91 Å². The number of carbonyl (C=O) groups is 1. The molecule has 0 saturated heterocycles. The summed E-state index contributed by atoms with van der Waals surface area (Å²) in [5.41, 5.74) is 3.52. The number of pyridine rings is 1. The molecule has 0 bridgehead atoms. The van der Waals surface area contributed by atoms with Crippen LogP contribution in [0, 0.1) is 0 Å². The van der Waals surface area contributed by atoms with E-state index < -0.39 is 0 Å². The topological polar surface area (TPSA) is 69.0 Å². The van der Waals surface area contributed by atoms with Crippen LogP contribution in [0.5, 0.6) is 5.75 Å². The largest absolute Gasteiger partial charge is 0.491 e. The molecule has 32 heavy (non-hydrogen) atoms. The number of carbonyl (C=O) groups excluding carboxylic acids is 1. The van der Waals surface area contributed by atoms with Gasteiger partial charge in [0, 0.05) is 19.2 Å². The van der Waals surface area contributed by atoms with Crippen LogP contribution in [0.25, 0.3) is 11.0 Å². The quantitative estimate of drug-likeness (QED) is 0.386. The summed E-state index contributed by atoms with van der Waals surface area (Å²) in [6.07, 6.45) is 4.87. The van der Waals surface area contributed by atoms with E-state index >= 15 is 0 Å². The van der Waals surface area contributed by atoms with E-state index in [1.165, 1.54) is 0 Å². The van der Waals surface area contributed by atoms with Crippen LogP contribution < -0.4 is 10.1 Å². The molecule has 0 saturated carbocycles. The zero-order valence-corrected chi connectivity index (χ0v) is 17.9. The number of imidazole rings is 1. The molecule has 2 heterocycles. The number of hydrogen-bond donors (Lipinski definition) is 1. The highest BCUT2D eigenvalue weighted by Crippen LogP contribution is 2.20. The van der Waals surface area contributed by atoms with Gasteiger partial charge in [-0.1, -0.05) is 42.5 Å². The van der Waals surface area contributed by atoms with E-state index in [1.54, 1.807) is 24.4 Å². The summed E-state index contributed by atoms with van der Waals surface area (Å²) in [6.45, 7) is 5.47. The maximum Gasteiger partial charge on any atom is 0.269 e. The number of aromatic nitrogens is 3. The Labute approximate surface area is 187 Å². The Kier molecular flexibility index (Phi) is 6.92. The molecule has 0 aliphatic carbocycles. The maximum absolute atomic E-state index is 12.3.